The zero-order chi connectivity index (χ0) is 19.7. The second kappa shape index (κ2) is 10.5. The number of benzene rings is 1. The first kappa shape index (κ1) is 20.7. The van der Waals surface area contributed by atoms with E-state index in [1.54, 1.807) is 0 Å². The number of nitrogens with one attached hydrogen (secondary N) is 3. The third-order valence-corrected chi connectivity index (χ3v) is 6.06. The highest BCUT2D eigenvalue weighted by Gasteiger charge is 2.31. The zero-order valence-electron chi connectivity index (χ0n) is 17.3. The van der Waals surface area contributed by atoms with Crippen LogP contribution in [-0.4, -0.2) is 42.3 Å². The van der Waals surface area contributed by atoms with Crippen molar-refractivity contribution in [2.24, 2.45) is 10.4 Å². The van der Waals surface area contributed by atoms with Crippen LogP contribution in [0.2, 0.25) is 0 Å². The van der Waals surface area contributed by atoms with Gasteiger partial charge in [-0.1, -0.05) is 37.5 Å². The van der Waals surface area contributed by atoms with Gasteiger partial charge in [0.15, 0.2) is 5.96 Å². The van der Waals surface area contributed by atoms with Gasteiger partial charge in [-0.3, -0.25) is 4.99 Å². The number of hydrogen-bond acceptors (Lipinski definition) is 2. The molecule has 0 aliphatic heterocycles. The van der Waals surface area contributed by atoms with E-state index in [4.69, 9.17) is 4.99 Å². The van der Waals surface area contributed by atoms with Crippen LogP contribution in [0.25, 0.3) is 10.9 Å². The topological polar surface area (TPSA) is 72.4 Å². The van der Waals surface area contributed by atoms with Crippen molar-refractivity contribution in [3.05, 3.63) is 36.0 Å². The van der Waals surface area contributed by atoms with Crippen molar-refractivity contribution in [3.63, 3.8) is 0 Å². The summed E-state index contributed by atoms with van der Waals surface area (Å²) in [5.41, 5.74) is 2.78. The molecule has 5 heteroatoms. The van der Waals surface area contributed by atoms with Gasteiger partial charge < -0.3 is 20.7 Å². The van der Waals surface area contributed by atoms with E-state index in [0.29, 0.717) is 0 Å². The largest absolute Gasteiger partial charge is 0.396 e. The summed E-state index contributed by atoms with van der Waals surface area (Å²) < 4.78 is 0. The third kappa shape index (κ3) is 5.51. The Balaban J connectivity index is 1.51. The molecular weight excluding hydrogens is 348 g/mol. The monoisotopic (exact) mass is 384 g/mol. The average molecular weight is 385 g/mol. The highest BCUT2D eigenvalue weighted by molar-refractivity contribution is 5.83. The molecule has 1 fully saturated rings. The van der Waals surface area contributed by atoms with E-state index in [2.05, 4.69) is 53.0 Å². The Labute approximate surface area is 169 Å². The number of nitrogens with zero attached hydrogens (tertiary/aromatic N) is 1. The summed E-state index contributed by atoms with van der Waals surface area (Å²) in [6.45, 7) is 4.95. The highest BCUT2D eigenvalue weighted by Crippen LogP contribution is 2.39. The van der Waals surface area contributed by atoms with E-state index < -0.39 is 0 Å². The molecule has 1 saturated carbocycles. The van der Waals surface area contributed by atoms with Crippen molar-refractivity contribution in [2.45, 2.75) is 58.3 Å². The van der Waals surface area contributed by atoms with Crippen LogP contribution in [0.1, 0.15) is 57.4 Å². The highest BCUT2D eigenvalue weighted by atomic mass is 16.3. The molecule has 28 heavy (non-hydrogen) atoms. The molecule has 5 nitrogen and oxygen atoms in total. The van der Waals surface area contributed by atoms with E-state index in [9.17, 15) is 5.11 Å². The van der Waals surface area contributed by atoms with Crippen molar-refractivity contribution in [2.75, 3.05) is 26.2 Å². The van der Waals surface area contributed by atoms with Crippen LogP contribution < -0.4 is 10.6 Å². The van der Waals surface area contributed by atoms with Crippen LogP contribution >= 0.6 is 0 Å². The molecule has 0 unspecified atom stereocenters. The van der Waals surface area contributed by atoms with Gasteiger partial charge in [0.25, 0.3) is 0 Å². The normalized spacial score (nSPS) is 17.0. The first-order valence-electron chi connectivity index (χ1n) is 10.9. The average Bonchev–Trinajstić information content (AvgIpc) is 3.13. The zero-order valence-corrected chi connectivity index (χ0v) is 17.3. The number of aliphatic imine (C=N–C) groups is 1. The van der Waals surface area contributed by atoms with Gasteiger partial charge >= 0.3 is 0 Å². The summed E-state index contributed by atoms with van der Waals surface area (Å²) in [7, 11) is 0. The van der Waals surface area contributed by atoms with Crippen LogP contribution in [0.5, 0.6) is 0 Å². The fourth-order valence-electron chi connectivity index (χ4n) is 4.44. The Kier molecular flexibility index (Phi) is 7.78. The maximum Gasteiger partial charge on any atom is 0.191 e. The number of fused-ring (bicyclic) bond motifs is 1. The number of aryl methyl sites for hydroxylation is 1. The molecule has 0 saturated heterocycles. The molecule has 3 rings (SSSR count). The summed E-state index contributed by atoms with van der Waals surface area (Å²) in [6, 6.07) is 8.48. The number of hydrogen-bond donors (Lipinski definition) is 4. The van der Waals surface area contributed by atoms with Crippen LogP contribution in [0.15, 0.2) is 35.5 Å². The van der Waals surface area contributed by atoms with E-state index in [-0.39, 0.29) is 12.0 Å². The molecule has 0 radical (unpaired) electrons. The molecule has 0 atom stereocenters. The van der Waals surface area contributed by atoms with Crippen molar-refractivity contribution >= 4 is 16.9 Å². The first-order valence-corrected chi connectivity index (χ1v) is 10.9. The van der Waals surface area contributed by atoms with Gasteiger partial charge in [-0.05, 0) is 56.1 Å². The Morgan fingerprint density at radius 1 is 1.18 bits per heavy atom. The molecule has 2 aromatic rings. The van der Waals surface area contributed by atoms with Gasteiger partial charge in [-0.15, -0.1) is 0 Å². The van der Waals surface area contributed by atoms with Crippen molar-refractivity contribution in [1.29, 1.82) is 0 Å². The van der Waals surface area contributed by atoms with Crippen LogP contribution in [0.3, 0.4) is 0 Å². The molecule has 1 aromatic heterocycles. The molecule has 0 amide bonds. The quantitative estimate of drug-likeness (QED) is 0.300. The number of aliphatic hydroxyl groups is 1. The Bertz CT molecular complexity index is 740. The van der Waals surface area contributed by atoms with Crippen molar-refractivity contribution in [1.82, 2.24) is 15.6 Å². The molecule has 1 heterocycles. The first-order chi connectivity index (χ1) is 13.8. The van der Waals surface area contributed by atoms with E-state index in [0.717, 1.165) is 44.9 Å². The summed E-state index contributed by atoms with van der Waals surface area (Å²) in [5, 5.41) is 17.7. The lowest BCUT2D eigenvalue weighted by atomic mass is 9.72. The maximum atomic E-state index is 9.51. The van der Waals surface area contributed by atoms with Crippen LogP contribution in [0.4, 0.5) is 0 Å². The predicted octanol–water partition coefficient (Wildman–Crippen LogP) is 3.99. The second-order valence-electron chi connectivity index (χ2n) is 8.12. The van der Waals surface area contributed by atoms with Gasteiger partial charge in [0.1, 0.15) is 0 Å². The number of rotatable bonds is 9. The second-order valence-corrected chi connectivity index (χ2v) is 8.12. The van der Waals surface area contributed by atoms with Gasteiger partial charge in [-0.2, -0.15) is 0 Å². The van der Waals surface area contributed by atoms with Gasteiger partial charge in [0.05, 0.1) is 0 Å². The standard InChI is InChI=1S/C23H36N4O/c1-2-24-22(27-18-23(14-16-28)12-6-3-7-13-23)25-15-8-9-19-17-26-21-11-5-4-10-20(19)21/h4-5,10-11,17,26,28H,2-3,6-9,12-16,18H2,1H3,(H2,24,25,27). The molecule has 0 spiro atoms. The lowest BCUT2D eigenvalue weighted by Crippen LogP contribution is -2.39. The summed E-state index contributed by atoms with van der Waals surface area (Å²) in [5.74, 6) is 0.907. The number of aromatic nitrogens is 1. The lowest BCUT2D eigenvalue weighted by Gasteiger charge is -2.35. The number of aromatic amines is 1. The molecule has 1 aliphatic rings. The van der Waals surface area contributed by atoms with E-state index >= 15 is 0 Å². The maximum absolute atomic E-state index is 9.51. The molecule has 4 N–H and O–H groups in total. The Morgan fingerprint density at radius 3 is 2.79 bits per heavy atom. The minimum Gasteiger partial charge on any atom is -0.396 e. The van der Waals surface area contributed by atoms with E-state index in [1.807, 2.05) is 0 Å². The third-order valence-electron chi connectivity index (χ3n) is 6.06. The summed E-state index contributed by atoms with van der Waals surface area (Å²) in [6.07, 6.45) is 11.4. The number of guanidine groups is 1. The smallest absolute Gasteiger partial charge is 0.191 e. The van der Waals surface area contributed by atoms with Gasteiger partial charge in [-0.25, -0.2) is 0 Å². The number of H-pyrrole nitrogens is 1. The molecule has 154 valence electrons. The summed E-state index contributed by atoms with van der Waals surface area (Å²) in [4.78, 5) is 8.24. The number of aliphatic hydroxyl groups excluding tert-OH is 1. The summed E-state index contributed by atoms with van der Waals surface area (Å²) >= 11 is 0. The fourth-order valence-corrected chi connectivity index (χ4v) is 4.44. The molecule has 0 bridgehead atoms. The molecular formula is C23H36N4O. The van der Waals surface area contributed by atoms with Crippen LogP contribution in [0, 0.1) is 5.41 Å². The Morgan fingerprint density at radius 2 is 2.00 bits per heavy atom. The van der Waals surface area contributed by atoms with Crippen LogP contribution in [-0.2, 0) is 6.42 Å². The predicted molar refractivity (Wildman–Crippen MR) is 118 cm³/mol. The van der Waals surface area contributed by atoms with Gasteiger partial charge in [0, 0.05) is 43.3 Å². The fraction of sp³-hybridized carbons (Fsp3) is 0.609. The molecule has 1 aromatic carbocycles. The van der Waals surface area contributed by atoms with E-state index in [1.165, 1.54) is 48.6 Å². The SMILES string of the molecule is CCNC(=NCC1(CCO)CCCCC1)NCCCc1c[nH]c2ccccc12. The molecule has 1 aliphatic carbocycles. The minimum absolute atomic E-state index is 0.194. The Hall–Kier alpha value is -2.01. The van der Waals surface area contributed by atoms with Gasteiger partial charge in [0.2, 0.25) is 0 Å². The van der Waals surface area contributed by atoms with Crippen molar-refractivity contribution < 1.29 is 5.11 Å². The lowest BCUT2D eigenvalue weighted by molar-refractivity contribution is 0.137. The minimum atomic E-state index is 0.194. The van der Waals surface area contributed by atoms with Crippen molar-refractivity contribution in [3.8, 4) is 0 Å². The number of para-hydroxylation sites is 1.